The molecule has 0 aromatic heterocycles. The SMILES string of the molecule is CCCCCC(C(=O)OCC)N1CCNCC1. The van der Waals surface area contributed by atoms with Crippen LogP contribution in [0, 0.1) is 0 Å². The van der Waals surface area contributed by atoms with Gasteiger partial charge in [0, 0.05) is 26.2 Å². The smallest absolute Gasteiger partial charge is 0.323 e. The highest BCUT2D eigenvalue weighted by molar-refractivity contribution is 5.75. The zero-order valence-corrected chi connectivity index (χ0v) is 11.2. The van der Waals surface area contributed by atoms with Crippen molar-refractivity contribution in [2.24, 2.45) is 0 Å². The zero-order chi connectivity index (χ0) is 12.5. The second-order valence-corrected chi connectivity index (χ2v) is 4.55. The molecular formula is C13H26N2O2. The number of ether oxygens (including phenoxy) is 1. The molecule has 1 unspecified atom stereocenters. The summed E-state index contributed by atoms with van der Waals surface area (Å²) in [6.07, 6.45) is 4.44. The average molecular weight is 242 g/mol. The molecule has 1 saturated heterocycles. The van der Waals surface area contributed by atoms with Gasteiger partial charge < -0.3 is 10.1 Å². The van der Waals surface area contributed by atoms with E-state index in [1.54, 1.807) is 0 Å². The molecule has 4 heteroatoms. The van der Waals surface area contributed by atoms with E-state index in [0.717, 1.165) is 39.0 Å². The van der Waals surface area contributed by atoms with Crippen LogP contribution in [0.1, 0.15) is 39.5 Å². The van der Waals surface area contributed by atoms with Gasteiger partial charge in [0.05, 0.1) is 6.61 Å². The maximum Gasteiger partial charge on any atom is 0.323 e. The minimum absolute atomic E-state index is 0.0244. The van der Waals surface area contributed by atoms with Crippen LogP contribution >= 0.6 is 0 Å². The number of piperazine rings is 1. The van der Waals surface area contributed by atoms with Gasteiger partial charge >= 0.3 is 5.97 Å². The van der Waals surface area contributed by atoms with Gasteiger partial charge in [-0.05, 0) is 13.3 Å². The molecule has 0 bridgehead atoms. The summed E-state index contributed by atoms with van der Waals surface area (Å²) in [5, 5.41) is 3.31. The van der Waals surface area contributed by atoms with Crippen LogP contribution in [0.3, 0.4) is 0 Å². The number of nitrogens with zero attached hydrogens (tertiary/aromatic N) is 1. The first-order valence-electron chi connectivity index (χ1n) is 6.91. The minimum Gasteiger partial charge on any atom is -0.465 e. The Kier molecular flexibility index (Phi) is 7.21. The highest BCUT2D eigenvalue weighted by Crippen LogP contribution is 2.12. The van der Waals surface area contributed by atoms with E-state index in [0.29, 0.717) is 6.61 Å². The first-order valence-corrected chi connectivity index (χ1v) is 6.91. The summed E-state index contributed by atoms with van der Waals surface area (Å²) < 4.78 is 5.19. The summed E-state index contributed by atoms with van der Waals surface area (Å²) in [5.41, 5.74) is 0. The lowest BCUT2D eigenvalue weighted by Crippen LogP contribution is -2.51. The van der Waals surface area contributed by atoms with Crippen LogP contribution in [0.2, 0.25) is 0 Å². The lowest BCUT2D eigenvalue weighted by Gasteiger charge is -2.33. The number of nitrogens with one attached hydrogen (secondary N) is 1. The van der Waals surface area contributed by atoms with Crippen LogP contribution in [0.25, 0.3) is 0 Å². The average Bonchev–Trinajstić information content (AvgIpc) is 2.36. The topological polar surface area (TPSA) is 41.6 Å². The van der Waals surface area contributed by atoms with E-state index >= 15 is 0 Å². The molecule has 1 aliphatic heterocycles. The van der Waals surface area contributed by atoms with Crippen molar-refractivity contribution in [1.82, 2.24) is 10.2 Å². The third-order valence-corrected chi connectivity index (χ3v) is 3.23. The Balaban J connectivity index is 2.47. The Bertz CT molecular complexity index is 215. The standard InChI is InChI=1S/C13H26N2O2/c1-3-5-6-7-12(13(16)17-4-2)15-10-8-14-9-11-15/h12,14H,3-11H2,1-2H3. The van der Waals surface area contributed by atoms with Crippen molar-refractivity contribution < 1.29 is 9.53 Å². The van der Waals surface area contributed by atoms with Crippen LogP contribution in [0.4, 0.5) is 0 Å². The van der Waals surface area contributed by atoms with Crippen molar-refractivity contribution in [3.05, 3.63) is 0 Å². The van der Waals surface area contributed by atoms with E-state index < -0.39 is 0 Å². The van der Waals surface area contributed by atoms with Gasteiger partial charge in [0.2, 0.25) is 0 Å². The van der Waals surface area contributed by atoms with Crippen LogP contribution in [-0.4, -0.2) is 49.7 Å². The molecular weight excluding hydrogens is 216 g/mol. The Morgan fingerprint density at radius 2 is 2.00 bits per heavy atom. The molecule has 1 N–H and O–H groups in total. The molecule has 17 heavy (non-hydrogen) atoms. The lowest BCUT2D eigenvalue weighted by atomic mass is 10.1. The van der Waals surface area contributed by atoms with E-state index in [1.165, 1.54) is 12.8 Å². The molecule has 1 atom stereocenters. The predicted octanol–water partition coefficient (Wildman–Crippen LogP) is 1.40. The Morgan fingerprint density at radius 1 is 1.29 bits per heavy atom. The fourth-order valence-corrected chi connectivity index (χ4v) is 2.27. The number of unbranched alkanes of at least 4 members (excludes halogenated alkanes) is 2. The van der Waals surface area contributed by atoms with E-state index in [4.69, 9.17) is 4.74 Å². The number of esters is 1. The maximum absolute atomic E-state index is 12.0. The second-order valence-electron chi connectivity index (χ2n) is 4.55. The summed E-state index contributed by atoms with van der Waals surface area (Å²) >= 11 is 0. The molecule has 0 aromatic carbocycles. The Hall–Kier alpha value is -0.610. The second kappa shape index (κ2) is 8.48. The maximum atomic E-state index is 12.0. The zero-order valence-electron chi connectivity index (χ0n) is 11.2. The number of hydrogen-bond acceptors (Lipinski definition) is 4. The van der Waals surface area contributed by atoms with E-state index in [1.807, 2.05) is 6.92 Å². The largest absolute Gasteiger partial charge is 0.465 e. The monoisotopic (exact) mass is 242 g/mol. The summed E-state index contributed by atoms with van der Waals surface area (Å²) in [4.78, 5) is 14.2. The van der Waals surface area contributed by atoms with Crippen LogP contribution in [-0.2, 0) is 9.53 Å². The van der Waals surface area contributed by atoms with Gasteiger partial charge in [0.1, 0.15) is 6.04 Å². The predicted molar refractivity (Wildman–Crippen MR) is 69.0 cm³/mol. The molecule has 1 rings (SSSR count). The van der Waals surface area contributed by atoms with Crippen LogP contribution in [0.5, 0.6) is 0 Å². The third kappa shape index (κ3) is 5.04. The van der Waals surface area contributed by atoms with Gasteiger partial charge in [-0.1, -0.05) is 26.2 Å². The summed E-state index contributed by atoms with van der Waals surface area (Å²) in [6, 6.07) is -0.0244. The minimum atomic E-state index is -0.0366. The molecule has 0 radical (unpaired) electrons. The molecule has 100 valence electrons. The normalized spacial score (nSPS) is 18.9. The van der Waals surface area contributed by atoms with Gasteiger partial charge in [0.25, 0.3) is 0 Å². The lowest BCUT2D eigenvalue weighted by molar-refractivity contribution is -0.150. The van der Waals surface area contributed by atoms with Crippen molar-refractivity contribution in [2.45, 2.75) is 45.6 Å². The first kappa shape index (κ1) is 14.5. The molecule has 0 amide bonds. The van der Waals surface area contributed by atoms with E-state index in [-0.39, 0.29) is 12.0 Å². The van der Waals surface area contributed by atoms with Crippen molar-refractivity contribution in [1.29, 1.82) is 0 Å². The molecule has 0 aromatic rings. The summed E-state index contributed by atoms with van der Waals surface area (Å²) in [5.74, 6) is -0.0366. The van der Waals surface area contributed by atoms with Crippen molar-refractivity contribution in [2.75, 3.05) is 32.8 Å². The Morgan fingerprint density at radius 3 is 2.59 bits per heavy atom. The van der Waals surface area contributed by atoms with E-state index in [2.05, 4.69) is 17.1 Å². The number of carbonyl (C=O) groups excluding carboxylic acids is 1. The molecule has 0 saturated carbocycles. The molecule has 0 spiro atoms. The quantitative estimate of drug-likeness (QED) is 0.541. The molecule has 1 heterocycles. The van der Waals surface area contributed by atoms with Gasteiger partial charge in [-0.15, -0.1) is 0 Å². The van der Waals surface area contributed by atoms with Gasteiger partial charge in [-0.2, -0.15) is 0 Å². The fourth-order valence-electron chi connectivity index (χ4n) is 2.27. The van der Waals surface area contributed by atoms with Crippen molar-refractivity contribution in [3.8, 4) is 0 Å². The van der Waals surface area contributed by atoms with Crippen LogP contribution < -0.4 is 5.32 Å². The summed E-state index contributed by atoms with van der Waals surface area (Å²) in [6.45, 7) is 8.40. The first-order chi connectivity index (χ1) is 8.29. The number of carbonyl (C=O) groups is 1. The van der Waals surface area contributed by atoms with Gasteiger partial charge in [0.15, 0.2) is 0 Å². The molecule has 1 fully saturated rings. The fraction of sp³-hybridized carbons (Fsp3) is 0.923. The highest BCUT2D eigenvalue weighted by Gasteiger charge is 2.27. The van der Waals surface area contributed by atoms with Crippen LogP contribution in [0.15, 0.2) is 0 Å². The molecule has 0 aliphatic carbocycles. The molecule has 4 nitrogen and oxygen atoms in total. The van der Waals surface area contributed by atoms with Gasteiger partial charge in [-0.25, -0.2) is 0 Å². The summed E-state index contributed by atoms with van der Waals surface area (Å²) in [7, 11) is 0. The number of rotatable bonds is 7. The molecule has 1 aliphatic rings. The highest BCUT2D eigenvalue weighted by atomic mass is 16.5. The van der Waals surface area contributed by atoms with Gasteiger partial charge in [-0.3, -0.25) is 9.69 Å². The number of hydrogen-bond donors (Lipinski definition) is 1. The third-order valence-electron chi connectivity index (χ3n) is 3.23. The Labute approximate surface area is 105 Å². The van der Waals surface area contributed by atoms with E-state index in [9.17, 15) is 4.79 Å². The van der Waals surface area contributed by atoms with Crippen molar-refractivity contribution in [3.63, 3.8) is 0 Å². The van der Waals surface area contributed by atoms with Crippen molar-refractivity contribution >= 4 is 5.97 Å².